The van der Waals surface area contributed by atoms with Crippen molar-refractivity contribution >= 4 is 53.9 Å². The third kappa shape index (κ3) is 6.80. The fourth-order valence-corrected chi connectivity index (χ4v) is 6.80. The van der Waals surface area contributed by atoms with Crippen LogP contribution in [0, 0.1) is 0 Å². The van der Waals surface area contributed by atoms with Gasteiger partial charge in [-0.3, -0.25) is 0 Å². The molecule has 0 aliphatic carbocycles. The lowest BCUT2D eigenvalue weighted by molar-refractivity contribution is 0.304. The van der Waals surface area contributed by atoms with E-state index in [0.717, 1.165) is 37.6 Å². The number of rotatable bonds is 16. The molecular weight excluding hydrogens is 536 g/mol. The third-order valence-electron chi connectivity index (χ3n) is 9.30. The SMILES string of the molecule is CCCCCCCCOc1ccc2c(ccc3c2ccc2c4ccc5cc(OCCCCCCCC)ccc5c4ccc32)c1. The second kappa shape index (κ2) is 14.8. The molecule has 0 aliphatic heterocycles. The van der Waals surface area contributed by atoms with Gasteiger partial charge in [-0.1, -0.05) is 139 Å². The Labute approximate surface area is 263 Å². The number of hydrogen-bond acceptors (Lipinski definition) is 2. The zero-order valence-corrected chi connectivity index (χ0v) is 26.8. The van der Waals surface area contributed by atoms with Gasteiger partial charge in [0.25, 0.3) is 0 Å². The van der Waals surface area contributed by atoms with E-state index < -0.39 is 0 Å². The van der Waals surface area contributed by atoms with Crippen molar-refractivity contribution in [3.05, 3.63) is 84.9 Å². The third-order valence-corrected chi connectivity index (χ3v) is 9.30. The maximum atomic E-state index is 6.13. The highest BCUT2D eigenvalue weighted by Crippen LogP contribution is 2.38. The molecule has 2 heteroatoms. The second-order valence-corrected chi connectivity index (χ2v) is 12.5. The number of hydrogen-bond donors (Lipinski definition) is 0. The molecule has 0 bridgehead atoms. The summed E-state index contributed by atoms with van der Waals surface area (Å²) in [7, 11) is 0. The van der Waals surface area contributed by atoms with Crippen molar-refractivity contribution in [2.75, 3.05) is 13.2 Å². The number of fused-ring (bicyclic) bond motifs is 9. The summed E-state index contributed by atoms with van der Waals surface area (Å²) in [6.45, 7) is 6.12. The van der Waals surface area contributed by atoms with Gasteiger partial charge < -0.3 is 9.47 Å². The van der Waals surface area contributed by atoms with Gasteiger partial charge >= 0.3 is 0 Å². The van der Waals surface area contributed by atoms with Gasteiger partial charge in [0.1, 0.15) is 11.5 Å². The molecule has 6 aromatic carbocycles. The van der Waals surface area contributed by atoms with Gasteiger partial charge in [0.2, 0.25) is 0 Å². The number of benzene rings is 6. The van der Waals surface area contributed by atoms with Gasteiger partial charge in [0.15, 0.2) is 0 Å². The monoisotopic (exact) mass is 584 g/mol. The summed E-state index contributed by atoms with van der Waals surface area (Å²) in [6.07, 6.45) is 15.4. The quantitative estimate of drug-likeness (QED) is 0.0832. The van der Waals surface area contributed by atoms with Crippen LogP contribution in [-0.4, -0.2) is 13.2 Å². The minimum atomic E-state index is 0.797. The fourth-order valence-electron chi connectivity index (χ4n) is 6.80. The van der Waals surface area contributed by atoms with Crippen LogP contribution in [0.5, 0.6) is 11.5 Å². The van der Waals surface area contributed by atoms with Crippen molar-refractivity contribution in [2.24, 2.45) is 0 Å². The van der Waals surface area contributed by atoms with Crippen LogP contribution in [-0.2, 0) is 0 Å². The van der Waals surface area contributed by atoms with Crippen LogP contribution >= 0.6 is 0 Å². The van der Waals surface area contributed by atoms with Gasteiger partial charge in [-0.25, -0.2) is 0 Å². The van der Waals surface area contributed by atoms with E-state index in [0.29, 0.717) is 0 Å². The summed E-state index contributed by atoms with van der Waals surface area (Å²) in [5.74, 6) is 1.94. The molecule has 0 spiro atoms. The Morgan fingerprint density at radius 2 is 0.659 bits per heavy atom. The first-order chi connectivity index (χ1) is 21.8. The van der Waals surface area contributed by atoms with Gasteiger partial charge in [0.05, 0.1) is 13.2 Å². The first-order valence-electron chi connectivity index (χ1n) is 17.3. The molecule has 6 rings (SSSR count). The van der Waals surface area contributed by atoms with E-state index in [9.17, 15) is 0 Å². The minimum absolute atomic E-state index is 0.797. The van der Waals surface area contributed by atoms with Crippen LogP contribution < -0.4 is 9.47 Å². The van der Waals surface area contributed by atoms with Crippen LogP contribution in [0.4, 0.5) is 0 Å². The molecule has 0 N–H and O–H groups in total. The molecule has 228 valence electrons. The Balaban J connectivity index is 1.20. The first-order valence-corrected chi connectivity index (χ1v) is 17.3. The Morgan fingerprint density at radius 1 is 0.341 bits per heavy atom. The van der Waals surface area contributed by atoms with E-state index in [2.05, 4.69) is 98.8 Å². The standard InChI is InChI=1S/C42H48O2/c1-3-5-7-9-11-13-27-43-33-17-21-35-31(29-33)15-19-39-37(35)23-25-42-40-20-16-32-30-34(44-28-14-12-10-8-6-4-2)18-22-36(32)38(40)24-26-41(39)42/h15-26,29-30H,3-14,27-28H2,1-2H3. The lowest BCUT2D eigenvalue weighted by Crippen LogP contribution is -1.97. The molecule has 0 atom stereocenters. The molecule has 0 aliphatic rings. The molecule has 0 fully saturated rings. The average Bonchev–Trinajstić information content (AvgIpc) is 3.06. The normalized spacial score (nSPS) is 11.8. The Morgan fingerprint density at radius 3 is 1.07 bits per heavy atom. The predicted molar refractivity (Wildman–Crippen MR) is 192 cm³/mol. The van der Waals surface area contributed by atoms with Crippen LogP contribution in [0.2, 0.25) is 0 Å². The van der Waals surface area contributed by atoms with Gasteiger partial charge in [-0.15, -0.1) is 0 Å². The summed E-state index contributed by atoms with van der Waals surface area (Å²) in [5.41, 5.74) is 0. The Bertz CT molecular complexity index is 1710. The highest BCUT2D eigenvalue weighted by atomic mass is 16.5. The van der Waals surface area contributed by atoms with Gasteiger partial charge in [-0.05, 0) is 91.0 Å². The summed E-state index contributed by atoms with van der Waals surface area (Å²) in [6, 6.07) is 31.5. The van der Waals surface area contributed by atoms with E-state index in [-0.39, 0.29) is 0 Å². The van der Waals surface area contributed by atoms with Crippen molar-refractivity contribution < 1.29 is 9.47 Å². The van der Waals surface area contributed by atoms with Crippen molar-refractivity contribution in [3.8, 4) is 11.5 Å². The van der Waals surface area contributed by atoms with E-state index in [1.165, 1.54) is 118 Å². The Kier molecular flexibility index (Phi) is 10.2. The van der Waals surface area contributed by atoms with Crippen LogP contribution in [0.15, 0.2) is 84.9 Å². The number of unbranched alkanes of at least 4 members (excludes halogenated alkanes) is 10. The van der Waals surface area contributed by atoms with Gasteiger partial charge in [-0.2, -0.15) is 0 Å². The maximum absolute atomic E-state index is 6.13. The minimum Gasteiger partial charge on any atom is -0.494 e. The van der Waals surface area contributed by atoms with Crippen molar-refractivity contribution in [1.82, 2.24) is 0 Å². The summed E-state index contributed by atoms with van der Waals surface area (Å²) >= 11 is 0. The summed E-state index contributed by atoms with van der Waals surface area (Å²) in [4.78, 5) is 0. The largest absolute Gasteiger partial charge is 0.494 e. The second-order valence-electron chi connectivity index (χ2n) is 12.5. The molecule has 0 heterocycles. The van der Waals surface area contributed by atoms with Crippen LogP contribution in [0.1, 0.15) is 90.9 Å². The number of ether oxygens (including phenoxy) is 2. The first kappa shape index (κ1) is 30.3. The zero-order chi connectivity index (χ0) is 30.1. The van der Waals surface area contributed by atoms with E-state index in [4.69, 9.17) is 9.47 Å². The van der Waals surface area contributed by atoms with E-state index in [1.807, 2.05) is 0 Å². The van der Waals surface area contributed by atoms with Crippen molar-refractivity contribution in [2.45, 2.75) is 90.9 Å². The molecule has 0 radical (unpaired) electrons. The molecular formula is C42H48O2. The van der Waals surface area contributed by atoms with Crippen LogP contribution in [0.25, 0.3) is 53.9 Å². The van der Waals surface area contributed by atoms with E-state index >= 15 is 0 Å². The molecule has 0 amide bonds. The highest BCUT2D eigenvalue weighted by Gasteiger charge is 2.10. The lowest BCUT2D eigenvalue weighted by atomic mass is 9.92. The fraction of sp³-hybridized carbons (Fsp3) is 0.381. The van der Waals surface area contributed by atoms with Crippen molar-refractivity contribution in [1.29, 1.82) is 0 Å². The smallest absolute Gasteiger partial charge is 0.119 e. The molecule has 2 nitrogen and oxygen atoms in total. The summed E-state index contributed by atoms with van der Waals surface area (Å²) in [5, 5.41) is 12.8. The molecule has 0 unspecified atom stereocenters. The van der Waals surface area contributed by atoms with Crippen LogP contribution in [0.3, 0.4) is 0 Å². The lowest BCUT2D eigenvalue weighted by Gasteiger charge is -2.13. The molecule has 6 aromatic rings. The van der Waals surface area contributed by atoms with Gasteiger partial charge in [0, 0.05) is 0 Å². The Hall–Kier alpha value is -3.78. The predicted octanol–water partition coefficient (Wildman–Crippen LogP) is 12.9. The summed E-state index contributed by atoms with van der Waals surface area (Å²) < 4.78 is 12.3. The molecule has 0 saturated carbocycles. The topological polar surface area (TPSA) is 18.5 Å². The molecule has 44 heavy (non-hydrogen) atoms. The van der Waals surface area contributed by atoms with E-state index in [1.54, 1.807) is 0 Å². The molecule has 0 saturated heterocycles. The molecule has 0 aromatic heterocycles. The average molecular weight is 585 g/mol. The zero-order valence-electron chi connectivity index (χ0n) is 26.8. The maximum Gasteiger partial charge on any atom is 0.119 e. The van der Waals surface area contributed by atoms with Crippen molar-refractivity contribution in [3.63, 3.8) is 0 Å². The highest BCUT2D eigenvalue weighted by molar-refractivity contribution is 6.25.